The van der Waals surface area contributed by atoms with E-state index >= 15 is 0 Å². The van der Waals surface area contributed by atoms with Crippen LogP contribution >= 0.6 is 0 Å². The summed E-state index contributed by atoms with van der Waals surface area (Å²) >= 11 is 0. The van der Waals surface area contributed by atoms with Crippen LogP contribution in [0.2, 0.25) is 0 Å². The molecule has 1 unspecified atom stereocenters. The molecule has 1 atom stereocenters. The molecule has 0 N–H and O–H groups in total. The van der Waals surface area contributed by atoms with Crippen molar-refractivity contribution < 1.29 is 4.42 Å². The topological polar surface area (TPSA) is 16.4 Å². The SMILES string of the molecule is c1ccc(-c2ccccc2N(c2ccc3c(c2)C2(c4ccccc4-c4ccccc4-3)c3ccccc3-c3c2c2ccccc2c2ccccc32)c2ccc3oc4ccccc4c3c2)cc1. The first-order valence-electron chi connectivity index (χ1n) is 22.5. The third-order valence-electron chi connectivity index (χ3n) is 14.3. The molecule has 0 aliphatic heterocycles. The van der Waals surface area contributed by atoms with Crippen LogP contribution < -0.4 is 4.90 Å². The number of rotatable bonds is 4. The Labute approximate surface area is 376 Å². The van der Waals surface area contributed by atoms with E-state index < -0.39 is 5.41 Å². The Morgan fingerprint density at radius 3 is 1.58 bits per heavy atom. The van der Waals surface area contributed by atoms with Crippen molar-refractivity contribution in [3.8, 4) is 44.5 Å². The Morgan fingerprint density at radius 1 is 0.308 bits per heavy atom. The number of fused-ring (bicyclic) bond motifs is 20. The van der Waals surface area contributed by atoms with E-state index in [0.29, 0.717) is 0 Å². The van der Waals surface area contributed by atoms with Gasteiger partial charge >= 0.3 is 0 Å². The number of hydrogen-bond acceptors (Lipinski definition) is 2. The van der Waals surface area contributed by atoms with Gasteiger partial charge in [0, 0.05) is 27.7 Å². The molecule has 0 saturated carbocycles. The minimum absolute atomic E-state index is 0.703. The summed E-state index contributed by atoms with van der Waals surface area (Å²) in [5.74, 6) is 0. The molecule has 1 spiro atoms. The largest absolute Gasteiger partial charge is 0.456 e. The number of benzene rings is 11. The molecule has 2 aliphatic carbocycles. The molecule has 12 aromatic rings. The predicted molar refractivity (Wildman–Crippen MR) is 271 cm³/mol. The van der Waals surface area contributed by atoms with E-state index in [-0.39, 0.29) is 0 Å². The van der Waals surface area contributed by atoms with E-state index in [9.17, 15) is 0 Å². The minimum Gasteiger partial charge on any atom is -0.456 e. The summed E-state index contributed by atoms with van der Waals surface area (Å²) in [6.07, 6.45) is 0. The van der Waals surface area contributed by atoms with Gasteiger partial charge in [0.25, 0.3) is 0 Å². The Balaban J connectivity index is 1.16. The molecular formula is C63H39NO. The van der Waals surface area contributed by atoms with E-state index in [0.717, 1.165) is 50.1 Å². The fraction of sp³-hybridized carbons (Fsp3) is 0.0159. The van der Waals surface area contributed by atoms with Gasteiger partial charge in [0.2, 0.25) is 0 Å². The molecule has 1 heterocycles. The van der Waals surface area contributed by atoms with Gasteiger partial charge in [-0.05, 0) is 125 Å². The maximum Gasteiger partial charge on any atom is 0.135 e. The lowest BCUT2D eigenvalue weighted by molar-refractivity contribution is 0.669. The van der Waals surface area contributed by atoms with Crippen LogP contribution in [0, 0.1) is 0 Å². The van der Waals surface area contributed by atoms with Gasteiger partial charge in [0.05, 0.1) is 11.1 Å². The first kappa shape index (κ1) is 36.1. The normalized spacial score (nSPS) is 14.5. The number of anilines is 3. The standard InChI is InChI=1S/C63H39NO/c1-2-18-40(19-3-1)43-20-12-16-32-58(43)64(41-35-37-60-54(38-41)50-26-13-17-33-59(50)65-60)42-34-36-49-45-22-5-4-21-44(45)48-25-10-14-30-55(48)63(57(49)39-42)56-31-15-11-29-53(56)61-51-27-8-6-23-46(51)47-24-7-9-28-52(47)62(61)63/h1-39H. The smallest absolute Gasteiger partial charge is 0.135 e. The maximum atomic E-state index is 6.42. The second-order valence-electron chi connectivity index (χ2n) is 17.5. The van der Waals surface area contributed by atoms with Crippen molar-refractivity contribution >= 4 is 60.5 Å². The number of furan rings is 1. The van der Waals surface area contributed by atoms with Crippen molar-refractivity contribution in [1.82, 2.24) is 0 Å². The second-order valence-corrected chi connectivity index (χ2v) is 17.5. The van der Waals surface area contributed by atoms with Gasteiger partial charge in [-0.2, -0.15) is 0 Å². The summed E-state index contributed by atoms with van der Waals surface area (Å²) in [6.45, 7) is 0. The maximum absolute atomic E-state index is 6.42. The van der Waals surface area contributed by atoms with Gasteiger partial charge in [0.15, 0.2) is 0 Å². The zero-order valence-corrected chi connectivity index (χ0v) is 35.4. The summed E-state index contributed by atoms with van der Waals surface area (Å²) in [5, 5.41) is 7.29. The molecule has 2 heteroatoms. The molecule has 14 rings (SSSR count). The van der Waals surface area contributed by atoms with Crippen molar-refractivity contribution in [2.75, 3.05) is 4.90 Å². The van der Waals surface area contributed by atoms with Crippen LogP contribution in [0.15, 0.2) is 241 Å². The minimum atomic E-state index is -0.703. The monoisotopic (exact) mass is 825 g/mol. The van der Waals surface area contributed by atoms with E-state index in [1.165, 1.54) is 77.2 Å². The Hall–Kier alpha value is -8.46. The molecule has 2 aliphatic rings. The molecule has 2 nitrogen and oxygen atoms in total. The highest BCUT2D eigenvalue weighted by molar-refractivity contribution is 6.20. The third-order valence-corrected chi connectivity index (χ3v) is 14.3. The van der Waals surface area contributed by atoms with Crippen LogP contribution in [0.1, 0.15) is 22.3 Å². The highest BCUT2D eigenvalue weighted by Crippen LogP contribution is 2.64. The summed E-state index contributed by atoms with van der Waals surface area (Å²) in [5.41, 5.74) is 19.4. The van der Waals surface area contributed by atoms with Gasteiger partial charge in [0.1, 0.15) is 11.2 Å². The summed E-state index contributed by atoms with van der Waals surface area (Å²) < 4.78 is 6.42. The van der Waals surface area contributed by atoms with E-state index in [4.69, 9.17) is 4.42 Å². The highest BCUT2D eigenvalue weighted by Gasteiger charge is 2.51. The first-order valence-corrected chi connectivity index (χ1v) is 22.5. The summed E-state index contributed by atoms with van der Waals surface area (Å²) in [4.78, 5) is 2.47. The molecule has 11 aromatic carbocycles. The van der Waals surface area contributed by atoms with Gasteiger partial charge in [-0.15, -0.1) is 0 Å². The van der Waals surface area contributed by atoms with Crippen LogP contribution in [0.3, 0.4) is 0 Å². The molecule has 1 aromatic heterocycles. The Morgan fingerprint density at radius 2 is 0.815 bits per heavy atom. The van der Waals surface area contributed by atoms with Crippen LogP contribution in [-0.2, 0) is 5.41 Å². The van der Waals surface area contributed by atoms with Gasteiger partial charge in [-0.3, -0.25) is 0 Å². The molecule has 0 saturated heterocycles. The third kappa shape index (κ3) is 4.99. The predicted octanol–water partition coefficient (Wildman–Crippen LogP) is 17.0. The van der Waals surface area contributed by atoms with Gasteiger partial charge in [-0.1, -0.05) is 194 Å². The molecule has 0 radical (unpaired) electrons. The zero-order valence-electron chi connectivity index (χ0n) is 35.4. The fourth-order valence-corrected chi connectivity index (χ4v) is 11.7. The molecular weight excluding hydrogens is 787 g/mol. The quantitative estimate of drug-likeness (QED) is 0.164. The summed E-state index contributed by atoms with van der Waals surface area (Å²) in [7, 11) is 0. The van der Waals surface area contributed by atoms with E-state index in [1.807, 2.05) is 6.07 Å². The van der Waals surface area contributed by atoms with Crippen molar-refractivity contribution in [3.63, 3.8) is 0 Å². The lowest BCUT2D eigenvalue weighted by atomic mass is 9.64. The van der Waals surface area contributed by atoms with Crippen LogP contribution in [0.4, 0.5) is 17.1 Å². The molecule has 302 valence electrons. The number of nitrogens with zero attached hydrogens (tertiary/aromatic N) is 1. The second kappa shape index (κ2) is 13.8. The van der Waals surface area contributed by atoms with E-state index in [1.54, 1.807) is 0 Å². The van der Waals surface area contributed by atoms with Gasteiger partial charge in [-0.25, -0.2) is 0 Å². The molecule has 0 amide bonds. The van der Waals surface area contributed by atoms with Crippen molar-refractivity contribution in [2.24, 2.45) is 0 Å². The van der Waals surface area contributed by atoms with E-state index in [2.05, 4.69) is 235 Å². The van der Waals surface area contributed by atoms with Crippen molar-refractivity contribution in [3.05, 3.63) is 259 Å². The van der Waals surface area contributed by atoms with Crippen LogP contribution in [-0.4, -0.2) is 0 Å². The number of hydrogen-bond donors (Lipinski definition) is 0. The lowest BCUT2D eigenvalue weighted by Gasteiger charge is -2.37. The Kier molecular flexibility index (Phi) is 7.64. The average molecular weight is 826 g/mol. The highest BCUT2D eigenvalue weighted by atomic mass is 16.3. The fourth-order valence-electron chi connectivity index (χ4n) is 11.7. The first-order chi connectivity index (χ1) is 32.3. The lowest BCUT2D eigenvalue weighted by Crippen LogP contribution is -2.30. The van der Waals surface area contributed by atoms with Gasteiger partial charge < -0.3 is 9.32 Å². The average Bonchev–Trinajstić information content (AvgIpc) is 3.88. The molecule has 65 heavy (non-hydrogen) atoms. The molecule has 0 bridgehead atoms. The summed E-state index contributed by atoms with van der Waals surface area (Å²) in [6, 6.07) is 87.5. The van der Waals surface area contributed by atoms with Crippen LogP contribution in [0.25, 0.3) is 88.0 Å². The molecule has 0 fully saturated rings. The van der Waals surface area contributed by atoms with Crippen molar-refractivity contribution in [2.45, 2.75) is 5.41 Å². The van der Waals surface area contributed by atoms with Crippen LogP contribution in [0.5, 0.6) is 0 Å². The zero-order chi connectivity index (χ0) is 42.6. The number of para-hydroxylation sites is 2. The Bertz CT molecular complexity index is 3910. The van der Waals surface area contributed by atoms with Crippen molar-refractivity contribution in [1.29, 1.82) is 0 Å².